The largest absolute Gasteiger partial charge is 0.274 e. The molecule has 1 saturated heterocycles. The lowest BCUT2D eigenvalue weighted by Gasteiger charge is -2.34. The first kappa shape index (κ1) is 20.8. The number of carbonyl (C=O) groups is 2. The highest BCUT2D eigenvalue weighted by Gasteiger charge is 2.87. The molecule has 1 saturated carbocycles. The fourth-order valence-electron chi connectivity index (χ4n) is 4.02. The molecular weight excluding hydrogens is 520 g/mol. The lowest BCUT2D eigenvalue weighted by Crippen LogP contribution is -2.50. The summed E-state index contributed by atoms with van der Waals surface area (Å²) in [4.78, 5) is 33.5. The zero-order chi connectivity index (χ0) is 21.0. The second-order valence-electron chi connectivity index (χ2n) is 6.49. The van der Waals surface area contributed by atoms with Gasteiger partial charge in [0.15, 0.2) is 4.33 Å². The maximum Gasteiger partial charge on any atom is 0.271 e. The van der Waals surface area contributed by atoms with E-state index in [1.54, 1.807) is 0 Å². The Labute approximate surface area is 192 Å². The van der Waals surface area contributed by atoms with Gasteiger partial charge in [0.1, 0.15) is 9.75 Å². The van der Waals surface area contributed by atoms with E-state index >= 15 is 0 Å². The molecule has 28 heavy (non-hydrogen) atoms. The molecule has 3 aliphatic rings. The normalized spacial score (nSPS) is 35.8. The molecule has 2 aliphatic carbocycles. The Morgan fingerprint density at radius 2 is 1.39 bits per heavy atom. The van der Waals surface area contributed by atoms with Crippen LogP contribution in [0.4, 0.5) is 11.4 Å². The Bertz CT molecular complexity index is 982. The molecule has 1 aromatic carbocycles. The number of benzene rings is 1. The van der Waals surface area contributed by atoms with Crippen molar-refractivity contribution in [2.75, 3.05) is 4.90 Å². The van der Waals surface area contributed by atoms with Crippen molar-refractivity contribution >= 4 is 104 Å². The molecule has 148 valence electrons. The Hall–Kier alpha value is -0.470. The van der Waals surface area contributed by atoms with Crippen LogP contribution < -0.4 is 4.90 Å². The van der Waals surface area contributed by atoms with Gasteiger partial charge in [-0.3, -0.25) is 19.7 Å². The Balaban J connectivity index is 1.91. The van der Waals surface area contributed by atoms with E-state index in [-0.39, 0.29) is 26.5 Å². The number of halogens is 7. The van der Waals surface area contributed by atoms with Gasteiger partial charge in [0.25, 0.3) is 5.69 Å². The number of nitrogens with zero attached hydrogens (tertiary/aromatic N) is 2. The highest BCUT2D eigenvalue weighted by molar-refractivity contribution is 6.67. The average molecular weight is 525 g/mol. The van der Waals surface area contributed by atoms with Gasteiger partial charge in [0.05, 0.1) is 37.5 Å². The van der Waals surface area contributed by atoms with E-state index in [2.05, 4.69) is 0 Å². The number of non-ortho nitro benzene ring substituents is 1. The zero-order valence-electron chi connectivity index (χ0n) is 13.1. The number of anilines is 1. The smallest absolute Gasteiger partial charge is 0.271 e. The fourth-order valence-corrected chi connectivity index (χ4v) is 7.15. The number of rotatable bonds is 2. The summed E-state index contributed by atoms with van der Waals surface area (Å²) in [5, 5.41) is 10.5. The first-order valence-electron chi connectivity index (χ1n) is 7.47. The van der Waals surface area contributed by atoms with Gasteiger partial charge in [-0.1, -0.05) is 58.0 Å². The van der Waals surface area contributed by atoms with E-state index in [9.17, 15) is 19.7 Å². The molecule has 0 radical (unpaired) electrons. The molecule has 0 unspecified atom stereocenters. The SMILES string of the molecule is O=C1[C@H]2[C@H](C(=O)N1c1cc([N+](=O)[O-])ccc1Cl)[C@]1(Cl)C(Cl)=C(Cl)[C@]2(Cl)C1(Cl)Cl. The van der Waals surface area contributed by atoms with E-state index in [0.717, 1.165) is 12.1 Å². The van der Waals surface area contributed by atoms with Crippen molar-refractivity contribution in [1.82, 2.24) is 0 Å². The Kier molecular flexibility index (Phi) is 4.48. The molecule has 1 aliphatic heterocycles. The highest BCUT2D eigenvalue weighted by Crippen LogP contribution is 2.77. The van der Waals surface area contributed by atoms with Gasteiger partial charge in [-0.15, -0.1) is 23.2 Å². The lowest BCUT2D eigenvalue weighted by atomic mass is 9.84. The quantitative estimate of drug-likeness (QED) is 0.230. The minimum absolute atomic E-state index is 0.0694. The third kappa shape index (κ3) is 2.05. The monoisotopic (exact) mass is 522 g/mol. The first-order chi connectivity index (χ1) is 12.8. The molecule has 0 aromatic heterocycles. The van der Waals surface area contributed by atoms with Gasteiger partial charge in [0.2, 0.25) is 11.8 Å². The summed E-state index contributed by atoms with van der Waals surface area (Å²) in [5.74, 6) is -4.38. The molecule has 13 heteroatoms. The Morgan fingerprint density at radius 3 is 1.82 bits per heavy atom. The number of alkyl halides is 4. The van der Waals surface area contributed by atoms with Crippen LogP contribution in [0.5, 0.6) is 0 Å². The molecule has 2 amide bonds. The second kappa shape index (κ2) is 6.03. The van der Waals surface area contributed by atoms with Gasteiger partial charge in [-0.25, -0.2) is 4.90 Å². The van der Waals surface area contributed by atoms with Crippen LogP contribution in [0.15, 0.2) is 28.3 Å². The predicted molar refractivity (Wildman–Crippen MR) is 108 cm³/mol. The van der Waals surface area contributed by atoms with Crippen molar-refractivity contribution in [2.24, 2.45) is 11.8 Å². The van der Waals surface area contributed by atoms with Gasteiger partial charge >= 0.3 is 0 Å². The number of fused-ring (bicyclic) bond motifs is 5. The third-order valence-electron chi connectivity index (χ3n) is 5.29. The minimum atomic E-state index is -2.06. The van der Waals surface area contributed by atoms with Crippen LogP contribution in [0, 0.1) is 22.0 Å². The summed E-state index contributed by atoms with van der Waals surface area (Å²) in [5.41, 5.74) is -0.568. The van der Waals surface area contributed by atoms with Crippen LogP contribution >= 0.6 is 81.2 Å². The van der Waals surface area contributed by atoms with Gasteiger partial charge in [-0.2, -0.15) is 0 Å². The maximum absolute atomic E-state index is 13.2. The average Bonchev–Trinajstić information content (AvgIpc) is 3.00. The van der Waals surface area contributed by atoms with E-state index < -0.39 is 42.7 Å². The summed E-state index contributed by atoms with van der Waals surface area (Å²) < 4.78 is -2.06. The number of allylic oxidation sites excluding steroid dienone is 2. The van der Waals surface area contributed by atoms with E-state index in [0.29, 0.717) is 4.90 Å². The van der Waals surface area contributed by atoms with Gasteiger partial charge < -0.3 is 0 Å². The molecule has 6 nitrogen and oxygen atoms in total. The van der Waals surface area contributed by atoms with Crippen molar-refractivity contribution in [1.29, 1.82) is 0 Å². The van der Waals surface area contributed by atoms with Crippen LogP contribution in [-0.2, 0) is 9.59 Å². The molecule has 1 heterocycles. The van der Waals surface area contributed by atoms with Crippen LogP contribution in [0.25, 0.3) is 0 Å². The van der Waals surface area contributed by atoms with E-state index in [1.807, 2.05) is 0 Å². The molecule has 4 rings (SSSR count). The molecule has 1 aromatic rings. The van der Waals surface area contributed by atoms with Crippen molar-refractivity contribution in [2.45, 2.75) is 14.1 Å². The Morgan fingerprint density at radius 1 is 0.929 bits per heavy atom. The first-order valence-corrected chi connectivity index (χ1v) is 10.1. The molecule has 2 fully saturated rings. The summed E-state index contributed by atoms with van der Waals surface area (Å²) in [7, 11) is 0. The van der Waals surface area contributed by atoms with E-state index in [4.69, 9.17) is 81.2 Å². The number of nitro groups is 1. The second-order valence-corrected chi connectivity index (χ2v) is 10.2. The minimum Gasteiger partial charge on any atom is -0.274 e. The highest BCUT2D eigenvalue weighted by atomic mass is 35.5. The van der Waals surface area contributed by atoms with Crippen LogP contribution in [0.2, 0.25) is 5.02 Å². The summed E-state index contributed by atoms with van der Waals surface area (Å²) in [6, 6.07) is 3.32. The lowest BCUT2D eigenvalue weighted by molar-refractivity contribution is -0.384. The number of amides is 2. The van der Waals surface area contributed by atoms with Crippen LogP contribution in [0.3, 0.4) is 0 Å². The number of imide groups is 1. The van der Waals surface area contributed by atoms with Crippen molar-refractivity contribution in [3.63, 3.8) is 0 Å². The number of hydrogen-bond acceptors (Lipinski definition) is 4. The van der Waals surface area contributed by atoms with Crippen molar-refractivity contribution < 1.29 is 14.5 Å². The third-order valence-corrected chi connectivity index (χ3v) is 9.87. The maximum atomic E-state index is 13.2. The number of carbonyl (C=O) groups excluding carboxylic acids is 2. The molecule has 0 spiro atoms. The molecule has 0 N–H and O–H groups in total. The van der Waals surface area contributed by atoms with Crippen molar-refractivity contribution in [3.05, 3.63) is 43.4 Å². The number of nitro benzene ring substituents is 1. The number of hydrogen-bond donors (Lipinski definition) is 0. The standard InChI is InChI=1S/C15H5Cl7N2O4/c16-5-2-1-4(24(27)28)3-6(5)23-11(25)7-8(12(23)26)14(20)10(18)9(17)13(7,19)15(14,21)22/h1-3,7-8H/t7-,8-,13+,14+/m1/s1. The van der Waals surface area contributed by atoms with Crippen molar-refractivity contribution in [3.8, 4) is 0 Å². The fraction of sp³-hybridized carbons (Fsp3) is 0.333. The summed E-state index contributed by atoms with van der Waals surface area (Å²) >= 11 is 44.5. The molecular formula is C15H5Cl7N2O4. The van der Waals surface area contributed by atoms with E-state index in [1.165, 1.54) is 6.07 Å². The summed E-state index contributed by atoms with van der Waals surface area (Å²) in [6.45, 7) is 0. The van der Waals surface area contributed by atoms with Gasteiger partial charge in [0, 0.05) is 12.1 Å². The zero-order valence-corrected chi connectivity index (χ0v) is 18.4. The predicted octanol–water partition coefficient (Wildman–Crippen LogP) is 5.20. The topological polar surface area (TPSA) is 80.5 Å². The van der Waals surface area contributed by atoms with Crippen LogP contribution in [-0.4, -0.2) is 30.8 Å². The molecule has 2 bridgehead atoms. The van der Waals surface area contributed by atoms with Crippen LogP contribution in [0.1, 0.15) is 0 Å². The van der Waals surface area contributed by atoms with Gasteiger partial charge in [-0.05, 0) is 6.07 Å². The summed E-state index contributed by atoms with van der Waals surface area (Å²) in [6.07, 6.45) is 0. The molecule has 4 atom stereocenters.